The highest BCUT2D eigenvalue weighted by atomic mass is 35.5. The van der Waals surface area contributed by atoms with Gasteiger partial charge in [-0.25, -0.2) is 4.79 Å². The fraction of sp³-hybridized carbons (Fsp3) is 0.667. The highest BCUT2D eigenvalue weighted by Crippen LogP contribution is 2.22. The molecule has 0 aliphatic heterocycles. The number of unbranched alkanes of at least 4 members (excludes halogenated alkanes) is 2. The minimum Gasteiger partial charge on any atom is -0.479 e. The molecule has 4 N–H and O–H groups in total. The van der Waals surface area contributed by atoms with Gasteiger partial charge in [0.2, 0.25) is 0 Å². The Morgan fingerprint density at radius 3 is 2.48 bits per heavy atom. The molecule has 25 heavy (non-hydrogen) atoms. The fourth-order valence-corrected chi connectivity index (χ4v) is 2.70. The summed E-state index contributed by atoms with van der Waals surface area (Å²) in [6.07, 6.45) is 6.39. The standard InChI is InChI=1S/C18H30N2O3.2ClH/c1-4-5-6-7-14-8-9-20-15(11-14)12-18(23,17(21)22)16(19)10-13(2)3;;/h8-9,11,13,16,23H,4-7,10,12,19H2,1-3H3,(H,21,22);2*1H. The van der Waals surface area contributed by atoms with E-state index in [1.807, 2.05) is 26.0 Å². The van der Waals surface area contributed by atoms with Crippen molar-refractivity contribution in [1.29, 1.82) is 0 Å². The number of nitrogens with two attached hydrogens (primary N) is 1. The van der Waals surface area contributed by atoms with E-state index in [1.165, 1.54) is 0 Å². The predicted molar refractivity (Wildman–Crippen MR) is 106 cm³/mol. The SMILES string of the molecule is CCCCCc1ccnc(CC(O)(C(=O)O)C(N)CC(C)C)c1.Cl.Cl. The van der Waals surface area contributed by atoms with Crippen LogP contribution in [0.15, 0.2) is 18.3 Å². The fourth-order valence-electron chi connectivity index (χ4n) is 2.70. The number of halogens is 2. The highest BCUT2D eigenvalue weighted by molar-refractivity contribution is 5.85. The van der Waals surface area contributed by atoms with Crippen molar-refractivity contribution in [2.24, 2.45) is 11.7 Å². The van der Waals surface area contributed by atoms with Gasteiger partial charge in [-0.1, -0.05) is 33.6 Å². The van der Waals surface area contributed by atoms with E-state index in [0.717, 1.165) is 31.2 Å². The quantitative estimate of drug-likeness (QED) is 0.528. The normalized spacial score (nSPS) is 14.2. The van der Waals surface area contributed by atoms with Gasteiger partial charge < -0.3 is 15.9 Å². The zero-order valence-corrected chi connectivity index (χ0v) is 16.9. The van der Waals surface area contributed by atoms with Crippen molar-refractivity contribution in [3.8, 4) is 0 Å². The van der Waals surface area contributed by atoms with Gasteiger partial charge in [0.1, 0.15) is 0 Å². The van der Waals surface area contributed by atoms with E-state index in [2.05, 4.69) is 11.9 Å². The number of hydrogen-bond acceptors (Lipinski definition) is 4. The Balaban J connectivity index is 0. The summed E-state index contributed by atoms with van der Waals surface area (Å²) in [4.78, 5) is 15.8. The maximum atomic E-state index is 11.6. The Labute approximate surface area is 163 Å². The number of carboxylic acids is 1. The number of pyridine rings is 1. The Bertz CT molecular complexity index is 515. The summed E-state index contributed by atoms with van der Waals surface area (Å²) in [5.74, 6) is -1.08. The van der Waals surface area contributed by atoms with Crippen LogP contribution in [-0.2, 0) is 17.6 Å². The molecule has 2 atom stereocenters. The second-order valence-corrected chi connectivity index (χ2v) is 6.75. The van der Waals surface area contributed by atoms with Gasteiger partial charge in [0.15, 0.2) is 5.60 Å². The first-order valence-electron chi connectivity index (χ1n) is 8.44. The number of rotatable bonds is 10. The van der Waals surface area contributed by atoms with Crippen LogP contribution in [0.25, 0.3) is 0 Å². The molecule has 0 aliphatic carbocycles. The lowest BCUT2D eigenvalue weighted by Gasteiger charge is -2.30. The molecule has 0 bridgehead atoms. The molecule has 1 aromatic heterocycles. The van der Waals surface area contributed by atoms with Crippen LogP contribution >= 0.6 is 24.8 Å². The summed E-state index contributed by atoms with van der Waals surface area (Å²) in [5, 5.41) is 20.1. The third-order valence-electron chi connectivity index (χ3n) is 4.11. The molecule has 1 aromatic rings. The first-order valence-corrected chi connectivity index (χ1v) is 8.44. The van der Waals surface area contributed by atoms with E-state index in [4.69, 9.17) is 5.73 Å². The van der Waals surface area contributed by atoms with Crippen LogP contribution in [0.5, 0.6) is 0 Å². The van der Waals surface area contributed by atoms with E-state index in [9.17, 15) is 15.0 Å². The molecule has 146 valence electrons. The van der Waals surface area contributed by atoms with Crippen molar-refractivity contribution < 1.29 is 15.0 Å². The van der Waals surface area contributed by atoms with Crippen molar-refractivity contribution in [2.45, 2.75) is 70.9 Å². The summed E-state index contributed by atoms with van der Waals surface area (Å²) in [5.41, 5.74) is 5.68. The van der Waals surface area contributed by atoms with Crippen LogP contribution in [0.2, 0.25) is 0 Å². The van der Waals surface area contributed by atoms with E-state index >= 15 is 0 Å². The summed E-state index contributed by atoms with van der Waals surface area (Å²) in [6.45, 7) is 6.06. The van der Waals surface area contributed by atoms with E-state index < -0.39 is 17.6 Å². The van der Waals surface area contributed by atoms with Crippen molar-refractivity contribution in [2.75, 3.05) is 0 Å². The van der Waals surface area contributed by atoms with Gasteiger partial charge in [0.05, 0.1) is 0 Å². The molecule has 0 aliphatic rings. The number of carboxylic acid groups (broad SMARTS) is 1. The molecule has 7 heteroatoms. The molecular formula is C18H32Cl2N2O3. The molecule has 1 rings (SSSR count). The molecular weight excluding hydrogens is 363 g/mol. The van der Waals surface area contributed by atoms with Crippen molar-refractivity contribution in [3.05, 3.63) is 29.6 Å². The Morgan fingerprint density at radius 1 is 1.32 bits per heavy atom. The minimum absolute atomic E-state index is 0. The van der Waals surface area contributed by atoms with Gasteiger partial charge in [-0.2, -0.15) is 0 Å². The van der Waals surface area contributed by atoms with Gasteiger partial charge in [-0.15, -0.1) is 24.8 Å². The average Bonchev–Trinajstić information content (AvgIpc) is 2.47. The zero-order chi connectivity index (χ0) is 17.5. The van der Waals surface area contributed by atoms with Crippen molar-refractivity contribution in [1.82, 2.24) is 4.98 Å². The van der Waals surface area contributed by atoms with Gasteiger partial charge >= 0.3 is 5.97 Å². The van der Waals surface area contributed by atoms with Crippen LogP contribution < -0.4 is 5.73 Å². The monoisotopic (exact) mass is 394 g/mol. The number of aliphatic carboxylic acids is 1. The molecule has 1 heterocycles. The van der Waals surface area contributed by atoms with Gasteiger partial charge in [-0.3, -0.25) is 4.98 Å². The largest absolute Gasteiger partial charge is 0.479 e. The summed E-state index contributed by atoms with van der Waals surface area (Å²) in [6, 6.07) is 2.99. The molecule has 0 saturated heterocycles. The van der Waals surface area contributed by atoms with E-state index in [1.54, 1.807) is 6.20 Å². The minimum atomic E-state index is -1.99. The molecule has 0 saturated carbocycles. The number of aromatic nitrogens is 1. The average molecular weight is 395 g/mol. The highest BCUT2D eigenvalue weighted by Gasteiger charge is 2.43. The van der Waals surface area contributed by atoms with E-state index in [0.29, 0.717) is 12.1 Å². The summed E-state index contributed by atoms with van der Waals surface area (Å²) < 4.78 is 0. The van der Waals surface area contributed by atoms with E-state index in [-0.39, 0.29) is 37.2 Å². The molecule has 5 nitrogen and oxygen atoms in total. The van der Waals surface area contributed by atoms with Crippen molar-refractivity contribution >= 4 is 30.8 Å². The number of carbonyl (C=O) groups is 1. The zero-order valence-electron chi connectivity index (χ0n) is 15.3. The smallest absolute Gasteiger partial charge is 0.337 e. The molecule has 0 fully saturated rings. The van der Waals surface area contributed by atoms with Crippen LogP contribution in [0.1, 0.15) is 57.7 Å². The molecule has 0 radical (unpaired) electrons. The first kappa shape index (κ1) is 26.4. The topological polar surface area (TPSA) is 96.4 Å². The first-order chi connectivity index (χ1) is 10.8. The maximum Gasteiger partial charge on any atom is 0.337 e. The lowest BCUT2D eigenvalue weighted by molar-refractivity contribution is -0.161. The van der Waals surface area contributed by atoms with Crippen LogP contribution in [0, 0.1) is 5.92 Å². The van der Waals surface area contributed by atoms with Crippen molar-refractivity contribution in [3.63, 3.8) is 0 Å². The third-order valence-corrected chi connectivity index (χ3v) is 4.11. The lowest BCUT2D eigenvalue weighted by atomic mass is 9.84. The summed E-state index contributed by atoms with van der Waals surface area (Å²) in [7, 11) is 0. The van der Waals surface area contributed by atoms with Crippen LogP contribution in [0.4, 0.5) is 0 Å². The lowest BCUT2D eigenvalue weighted by Crippen LogP contribution is -2.56. The second-order valence-electron chi connectivity index (χ2n) is 6.75. The van der Waals surface area contributed by atoms with Gasteiger partial charge in [0, 0.05) is 24.4 Å². The predicted octanol–water partition coefficient (Wildman–Crippen LogP) is 3.39. The van der Waals surface area contributed by atoms with Gasteiger partial charge in [0.25, 0.3) is 0 Å². The maximum absolute atomic E-state index is 11.6. The number of nitrogens with zero attached hydrogens (tertiary/aromatic N) is 1. The Morgan fingerprint density at radius 2 is 1.96 bits per heavy atom. The molecule has 0 aromatic carbocycles. The molecule has 0 spiro atoms. The number of hydrogen-bond donors (Lipinski definition) is 3. The third kappa shape index (κ3) is 8.36. The second kappa shape index (κ2) is 12.5. The number of aliphatic hydroxyl groups is 1. The number of aryl methyl sites for hydroxylation is 1. The molecule has 2 unspecified atom stereocenters. The Hall–Kier alpha value is -0.880. The molecule has 0 amide bonds. The van der Waals surface area contributed by atoms with Crippen LogP contribution in [-0.4, -0.2) is 32.8 Å². The Kier molecular flexibility index (Phi) is 13.1. The summed E-state index contributed by atoms with van der Waals surface area (Å²) >= 11 is 0. The van der Waals surface area contributed by atoms with Gasteiger partial charge in [-0.05, 0) is 42.9 Å². The van der Waals surface area contributed by atoms with Crippen LogP contribution in [0.3, 0.4) is 0 Å².